The molecule has 0 spiro atoms. The predicted octanol–water partition coefficient (Wildman–Crippen LogP) is 1.82. The minimum atomic E-state index is 0.133. The molecule has 3 rings (SSSR count). The number of fused-ring (bicyclic) bond motifs is 1. The Morgan fingerprint density at radius 2 is 2.39 bits per heavy atom. The van der Waals surface area contributed by atoms with Crippen LogP contribution in [0.25, 0.3) is 0 Å². The van der Waals surface area contributed by atoms with Gasteiger partial charge in [0.05, 0.1) is 5.56 Å². The molecule has 0 aromatic carbocycles. The van der Waals surface area contributed by atoms with Gasteiger partial charge >= 0.3 is 0 Å². The van der Waals surface area contributed by atoms with Crippen LogP contribution in [0.4, 0.5) is 0 Å². The van der Waals surface area contributed by atoms with Crippen LogP contribution in [-0.2, 0) is 12.8 Å². The zero-order valence-electron chi connectivity index (χ0n) is 10.8. The zero-order valence-corrected chi connectivity index (χ0v) is 11.6. The van der Waals surface area contributed by atoms with Gasteiger partial charge in [-0.15, -0.1) is 11.3 Å². The Bertz CT molecular complexity index is 451. The Morgan fingerprint density at radius 3 is 3.11 bits per heavy atom. The van der Waals surface area contributed by atoms with Crippen molar-refractivity contribution in [2.24, 2.45) is 11.8 Å². The SMILES string of the molecule is CC1CCc2c(C(=O)NCC3CNC3)csc2C1. The first-order chi connectivity index (χ1) is 8.74. The summed E-state index contributed by atoms with van der Waals surface area (Å²) in [6, 6.07) is 0. The Labute approximate surface area is 112 Å². The lowest BCUT2D eigenvalue weighted by molar-refractivity contribution is 0.0941. The molecule has 1 atom stereocenters. The number of hydrogen-bond acceptors (Lipinski definition) is 3. The lowest BCUT2D eigenvalue weighted by Crippen LogP contribution is -2.48. The third-order valence-electron chi connectivity index (χ3n) is 4.06. The van der Waals surface area contributed by atoms with Crippen LogP contribution in [0.2, 0.25) is 0 Å². The summed E-state index contributed by atoms with van der Waals surface area (Å²) >= 11 is 1.76. The molecule has 4 heteroatoms. The van der Waals surface area contributed by atoms with Gasteiger partial charge in [0.15, 0.2) is 0 Å². The maximum Gasteiger partial charge on any atom is 0.252 e. The van der Waals surface area contributed by atoms with E-state index in [9.17, 15) is 4.79 Å². The summed E-state index contributed by atoms with van der Waals surface area (Å²) in [6.07, 6.45) is 3.45. The molecule has 1 saturated heterocycles. The van der Waals surface area contributed by atoms with Crippen molar-refractivity contribution >= 4 is 17.2 Å². The van der Waals surface area contributed by atoms with E-state index in [-0.39, 0.29) is 5.91 Å². The molecular formula is C14H20N2OS. The van der Waals surface area contributed by atoms with Gasteiger partial charge in [0.25, 0.3) is 5.91 Å². The quantitative estimate of drug-likeness (QED) is 0.874. The second-order valence-corrected chi connectivity index (χ2v) is 6.60. The maximum absolute atomic E-state index is 12.2. The van der Waals surface area contributed by atoms with Crippen LogP contribution in [0.1, 0.15) is 34.1 Å². The van der Waals surface area contributed by atoms with E-state index in [1.165, 1.54) is 16.9 Å². The molecule has 1 aromatic heterocycles. The van der Waals surface area contributed by atoms with E-state index in [1.54, 1.807) is 11.3 Å². The summed E-state index contributed by atoms with van der Waals surface area (Å²) in [7, 11) is 0. The normalized spacial score (nSPS) is 23.3. The third-order valence-corrected chi connectivity index (χ3v) is 5.11. The number of carbonyl (C=O) groups is 1. The topological polar surface area (TPSA) is 41.1 Å². The molecule has 2 aliphatic rings. The fourth-order valence-corrected chi connectivity index (χ4v) is 3.94. The first kappa shape index (κ1) is 12.2. The first-order valence-electron chi connectivity index (χ1n) is 6.82. The number of carbonyl (C=O) groups excluding carboxylic acids is 1. The van der Waals surface area contributed by atoms with Gasteiger partial charge in [-0.3, -0.25) is 4.79 Å². The van der Waals surface area contributed by atoms with E-state index >= 15 is 0 Å². The molecule has 1 aliphatic carbocycles. The number of hydrogen-bond donors (Lipinski definition) is 2. The van der Waals surface area contributed by atoms with Crippen molar-refractivity contribution < 1.29 is 4.79 Å². The average molecular weight is 264 g/mol. The molecule has 3 nitrogen and oxygen atoms in total. The predicted molar refractivity (Wildman–Crippen MR) is 74.2 cm³/mol. The smallest absolute Gasteiger partial charge is 0.252 e. The van der Waals surface area contributed by atoms with Crippen LogP contribution >= 0.6 is 11.3 Å². The lowest BCUT2D eigenvalue weighted by Gasteiger charge is -2.27. The average Bonchev–Trinajstić information content (AvgIpc) is 2.69. The number of amides is 1. The number of thiophene rings is 1. The molecule has 1 fully saturated rings. The Kier molecular flexibility index (Phi) is 3.39. The second kappa shape index (κ2) is 5.02. The van der Waals surface area contributed by atoms with Gasteiger partial charge in [-0.2, -0.15) is 0 Å². The summed E-state index contributed by atoms with van der Waals surface area (Å²) in [5, 5.41) is 8.35. The standard InChI is InChI=1S/C14H20N2OS/c1-9-2-3-11-12(8-18-13(11)4-9)14(17)16-7-10-5-15-6-10/h8-10,15H,2-7H2,1H3,(H,16,17). The van der Waals surface area contributed by atoms with E-state index in [4.69, 9.17) is 0 Å². The summed E-state index contributed by atoms with van der Waals surface area (Å²) in [6.45, 7) is 5.19. The molecule has 18 heavy (non-hydrogen) atoms. The maximum atomic E-state index is 12.2. The monoisotopic (exact) mass is 264 g/mol. The Hall–Kier alpha value is -0.870. The molecule has 2 heterocycles. The van der Waals surface area contributed by atoms with Crippen molar-refractivity contribution in [3.05, 3.63) is 21.4 Å². The van der Waals surface area contributed by atoms with Crippen molar-refractivity contribution in [1.82, 2.24) is 10.6 Å². The third kappa shape index (κ3) is 2.31. The summed E-state index contributed by atoms with van der Waals surface area (Å²) in [4.78, 5) is 13.6. The van der Waals surface area contributed by atoms with E-state index in [0.717, 1.165) is 44.0 Å². The Morgan fingerprint density at radius 1 is 1.56 bits per heavy atom. The van der Waals surface area contributed by atoms with Gasteiger partial charge < -0.3 is 10.6 Å². The van der Waals surface area contributed by atoms with Gasteiger partial charge in [-0.1, -0.05) is 6.92 Å². The summed E-state index contributed by atoms with van der Waals surface area (Å²) in [5.41, 5.74) is 2.26. The largest absolute Gasteiger partial charge is 0.352 e. The molecule has 0 saturated carbocycles. The summed E-state index contributed by atoms with van der Waals surface area (Å²) < 4.78 is 0. The highest BCUT2D eigenvalue weighted by Gasteiger charge is 2.24. The van der Waals surface area contributed by atoms with Gasteiger partial charge in [0.1, 0.15) is 0 Å². The molecular weight excluding hydrogens is 244 g/mol. The summed E-state index contributed by atoms with van der Waals surface area (Å²) in [5.74, 6) is 1.53. The van der Waals surface area contributed by atoms with Gasteiger partial charge in [0.2, 0.25) is 0 Å². The number of nitrogens with one attached hydrogen (secondary N) is 2. The van der Waals surface area contributed by atoms with E-state index < -0.39 is 0 Å². The van der Waals surface area contributed by atoms with Gasteiger partial charge in [0, 0.05) is 35.8 Å². The van der Waals surface area contributed by atoms with Crippen molar-refractivity contribution in [2.75, 3.05) is 19.6 Å². The van der Waals surface area contributed by atoms with Crippen LogP contribution in [0.3, 0.4) is 0 Å². The van der Waals surface area contributed by atoms with E-state index in [0.29, 0.717) is 5.92 Å². The second-order valence-electron chi connectivity index (χ2n) is 5.63. The molecule has 98 valence electrons. The van der Waals surface area contributed by atoms with E-state index in [2.05, 4.69) is 22.9 Å². The highest BCUT2D eigenvalue weighted by molar-refractivity contribution is 7.10. The van der Waals surface area contributed by atoms with Crippen LogP contribution in [0.5, 0.6) is 0 Å². The van der Waals surface area contributed by atoms with Gasteiger partial charge in [-0.25, -0.2) is 0 Å². The molecule has 1 aliphatic heterocycles. The van der Waals surface area contributed by atoms with Crippen LogP contribution in [0, 0.1) is 11.8 Å². The molecule has 0 bridgehead atoms. The Balaban J connectivity index is 1.66. The number of rotatable bonds is 3. The van der Waals surface area contributed by atoms with Crippen LogP contribution in [-0.4, -0.2) is 25.5 Å². The molecule has 1 aromatic rings. The van der Waals surface area contributed by atoms with Crippen molar-refractivity contribution in [1.29, 1.82) is 0 Å². The first-order valence-corrected chi connectivity index (χ1v) is 7.70. The fourth-order valence-electron chi connectivity index (χ4n) is 2.69. The highest BCUT2D eigenvalue weighted by Crippen LogP contribution is 2.32. The molecule has 0 radical (unpaired) electrons. The minimum absolute atomic E-state index is 0.133. The van der Waals surface area contributed by atoms with E-state index in [1.807, 2.05) is 0 Å². The molecule has 2 N–H and O–H groups in total. The minimum Gasteiger partial charge on any atom is -0.352 e. The van der Waals surface area contributed by atoms with Crippen molar-refractivity contribution in [3.63, 3.8) is 0 Å². The fraction of sp³-hybridized carbons (Fsp3) is 0.643. The molecule has 1 amide bonds. The molecule has 1 unspecified atom stereocenters. The van der Waals surface area contributed by atoms with Gasteiger partial charge in [-0.05, 0) is 30.7 Å². The lowest BCUT2D eigenvalue weighted by atomic mass is 9.88. The van der Waals surface area contributed by atoms with Crippen LogP contribution in [0.15, 0.2) is 5.38 Å². The van der Waals surface area contributed by atoms with Crippen LogP contribution < -0.4 is 10.6 Å². The van der Waals surface area contributed by atoms with Crippen molar-refractivity contribution in [2.45, 2.75) is 26.2 Å². The zero-order chi connectivity index (χ0) is 12.5. The van der Waals surface area contributed by atoms with Crippen molar-refractivity contribution in [3.8, 4) is 0 Å². The highest BCUT2D eigenvalue weighted by atomic mass is 32.1.